The van der Waals surface area contributed by atoms with Gasteiger partial charge in [-0.3, -0.25) is 4.79 Å². The SMILES string of the molecule is CCN(C)CCNCC(=O)N(C)C. The van der Waals surface area contributed by atoms with E-state index < -0.39 is 0 Å². The summed E-state index contributed by atoms with van der Waals surface area (Å²) in [5.41, 5.74) is 0. The molecule has 0 spiro atoms. The molecule has 0 radical (unpaired) electrons. The number of likely N-dealkylation sites (N-methyl/N-ethyl adjacent to an activating group) is 2. The summed E-state index contributed by atoms with van der Waals surface area (Å²) < 4.78 is 0. The third kappa shape index (κ3) is 6.54. The molecule has 0 saturated heterocycles. The Morgan fingerprint density at radius 1 is 1.31 bits per heavy atom. The maximum absolute atomic E-state index is 11.1. The summed E-state index contributed by atoms with van der Waals surface area (Å²) in [5.74, 6) is 0.124. The van der Waals surface area contributed by atoms with Crippen molar-refractivity contribution in [3.05, 3.63) is 0 Å². The first-order chi connectivity index (χ1) is 6.07. The summed E-state index contributed by atoms with van der Waals surface area (Å²) >= 11 is 0. The van der Waals surface area contributed by atoms with Gasteiger partial charge in [-0.25, -0.2) is 0 Å². The molecule has 1 amide bonds. The molecule has 0 fully saturated rings. The number of carbonyl (C=O) groups excluding carboxylic acids is 1. The van der Waals surface area contributed by atoms with E-state index in [1.165, 1.54) is 0 Å². The molecule has 4 nitrogen and oxygen atoms in total. The largest absolute Gasteiger partial charge is 0.348 e. The highest BCUT2D eigenvalue weighted by Gasteiger charge is 2.01. The molecular formula is C9H21N3O. The summed E-state index contributed by atoms with van der Waals surface area (Å²) in [6.07, 6.45) is 0. The molecule has 13 heavy (non-hydrogen) atoms. The molecule has 0 aromatic carbocycles. The minimum atomic E-state index is 0.124. The molecule has 0 atom stereocenters. The first kappa shape index (κ1) is 12.4. The van der Waals surface area contributed by atoms with Crippen LogP contribution in [0, 0.1) is 0 Å². The zero-order valence-electron chi connectivity index (χ0n) is 9.13. The second-order valence-corrected chi connectivity index (χ2v) is 3.36. The van der Waals surface area contributed by atoms with Gasteiger partial charge < -0.3 is 15.1 Å². The molecule has 0 aliphatic heterocycles. The molecule has 1 N–H and O–H groups in total. The molecule has 0 heterocycles. The standard InChI is InChI=1S/C9H21N3O/c1-5-12(4)7-6-10-8-9(13)11(2)3/h10H,5-8H2,1-4H3. The van der Waals surface area contributed by atoms with Crippen molar-refractivity contribution < 1.29 is 4.79 Å². The predicted octanol–water partition coefficient (Wildman–Crippen LogP) is -0.384. The lowest BCUT2D eigenvalue weighted by atomic mass is 10.5. The average Bonchev–Trinajstić information content (AvgIpc) is 2.11. The second kappa shape index (κ2) is 6.86. The van der Waals surface area contributed by atoms with Crippen LogP contribution in [-0.2, 0) is 4.79 Å². The lowest BCUT2D eigenvalue weighted by Crippen LogP contribution is -2.36. The molecule has 0 aromatic heterocycles. The van der Waals surface area contributed by atoms with Crippen molar-refractivity contribution in [2.45, 2.75) is 6.92 Å². The molecule has 78 valence electrons. The van der Waals surface area contributed by atoms with E-state index in [1.54, 1.807) is 19.0 Å². The topological polar surface area (TPSA) is 35.6 Å². The van der Waals surface area contributed by atoms with Gasteiger partial charge in [0.15, 0.2) is 0 Å². The lowest BCUT2D eigenvalue weighted by molar-refractivity contribution is -0.127. The van der Waals surface area contributed by atoms with Gasteiger partial charge in [-0.05, 0) is 13.6 Å². The summed E-state index contributed by atoms with van der Waals surface area (Å²) in [4.78, 5) is 14.9. The van der Waals surface area contributed by atoms with E-state index in [4.69, 9.17) is 0 Å². The zero-order valence-corrected chi connectivity index (χ0v) is 9.13. The lowest BCUT2D eigenvalue weighted by Gasteiger charge is -2.15. The highest BCUT2D eigenvalue weighted by atomic mass is 16.2. The molecule has 0 aliphatic rings. The summed E-state index contributed by atoms with van der Waals surface area (Å²) in [5, 5.41) is 3.10. The second-order valence-electron chi connectivity index (χ2n) is 3.36. The predicted molar refractivity (Wildman–Crippen MR) is 54.7 cm³/mol. The molecule has 4 heteroatoms. The molecule has 0 bridgehead atoms. The fraction of sp³-hybridized carbons (Fsp3) is 0.889. The van der Waals surface area contributed by atoms with Gasteiger partial charge in [0.25, 0.3) is 0 Å². The van der Waals surface area contributed by atoms with Crippen LogP contribution in [0.4, 0.5) is 0 Å². The first-order valence-electron chi connectivity index (χ1n) is 4.67. The molecule has 0 unspecified atom stereocenters. The van der Waals surface area contributed by atoms with Crippen molar-refractivity contribution in [2.75, 3.05) is 47.3 Å². The van der Waals surface area contributed by atoms with E-state index in [0.29, 0.717) is 6.54 Å². The number of rotatable bonds is 6. The van der Waals surface area contributed by atoms with E-state index in [-0.39, 0.29) is 5.91 Å². The first-order valence-corrected chi connectivity index (χ1v) is 4.67. The van der Waals surface area contributed by atoms with Crippen molar-refractivity contribution in [1.82, 2.24) is 15.1 Å². The summed E-state index contributed by atoms with van der Waals surface area (Å²) in [6, 6.07) is 0. The van der Waals surface area contributed by atoms with Gasteiger partial charge in [0.05, 0.1) is 6.54 Å². The molecular weight excluding hydrogens is 166 g/mol. The van der Waals surface area contributed by atoms with Crippen LogP contribution in [0.2, 0.25) is 0 Å². The van der Waals surface area contributed by atoms with E-state index in [1.807, 2.05) is 0 Å². The highest BCUT2D eigenvalue weighted by molar-refractivity contribution is 5.77. The van der Waals surface area contributed by atoms with E-state index in [2.05, 4.69) is 24.2 Å². The molecule has 0 rings (SSSR count). The van der Waals surface area contributed by atoms with Crippen molar-refractivity contribution in [2.24, 2.45) is 0 Å². The fourth-order valence-electron chi connectivity index (χ4n) is 0.781. The molecule has 0 aliphatic carbocycles. The quantitative estimate of drug-likeness (QED) is 0.576. The van der Waals surface area contributed by atoms with Gasteiger partial charge >= 0.3 is 0 Å². The zero-order chi connectivity index (χ0) is 10.3. The third-order valence-corrected chi connectivity index (χ3v) is 1.99. The number of nitrogens with zero attached hydrogens (tertiary/aromatic N) is 2. The van der Waals surface area contributed by atoms with Gasteiger partial charge in [0.1, 0.15) is 0 Å². The Morgan fingerprint density at radius 3 is 2.38 bits per heavy atom. The van der Waals surface area contributed by atoms with Crippen LogP contribution in [0.5, 0.6) is 0 Å². The fourth-order valence-corrected chi connectivity index (χ4v) is 0.781. The van der Waals surface area contributed by atoms with Crippen molar-refractivity contribution in [3.8, 4) is 0 Å². The summed E-state index contributed by atoms with van der Waals surface area (Å²) in [6.45, 7) is 5.44. The van der Waals surface area contributed by atoms with Crippen LogP contribution in [-0.4, -0.2) is 63.0 Å². The van der Waals surface area contributed by atoms with Crippen LogP contribution in [0.1, 0.15) is 6.92 Å². The third-order valence-electron chi connectivity index (χ3n) is 1.99. The van der Waals surface area contributed by atoms with Gasteiger partial charge in [-0.2, -0.15) is 0 Å². The Morgan fingerprint density at radius 2 is 1.92 bits per heavy atom. The molecule has 0 saturated carbocycles. The van der Waals surface area contributed by atoms with Crippen molar-refractivity contribution in [3.63, 3.8) is 0 Å². The van der Waals surface area contributed by atoms with Crippen LogP contribution in [0.25, 0.3) is 0 Å². The van der Waals surface area contributed by atoms with Crippen molar-refractivity contribution >= 4 is 5.91 Å². The number of nitrogens with one attached hydrogen (secondary N) is 1. The Kier molecular flexibility index (Phi) is 6.54. The average molecular weight is 187 g/mol. The number of hydrogen-bond acceptors (Lipinski definition) is 3. The van der Waals surface area contributed by atoms with Crippen molar-refractivity contribution in [1.29, 1.82) is 0 Å². The Balaban J connectivity index is 3.31. The number of carbonyl (C=O) groups is 1. The van der Waals surface area contributed by atoms with Gasteiger partial charge in [-0.15, -0.1) is 0 Å². The maximum Gasteiger partial charge on any atom is 0.236 e. The van der Waals surface area contributed by atoms with Crippen LogP contribution in [0.3, 0.4) is 0 Å². The van der Waals surface area contributed by atoms with Crippen LogP contribution < -0.4 is 5.32 Å². The maximum atomic E-state index is 11.1. The minimum absolute atomic E-state index is 0.124. The monoisotopic (exact) mass is 187 g/mol. The Labute approximate surface area is 80.9 Å². The highest BCUT2D eigenvalue weighted by Crippen LogP contribution is 1.79. The van der Waals surface area contributed by atoms with Gasteiger partial charge in [0.2, 0.25) is 5.91 Å². The molecule has 0 aromatic rings. The van der Waals surface area contributed by atoms with Crippen LogP contribution >= 0.6 is 0 Å². The van der Waals surface area contributed by atoms with E-state index in [0.717, 1.165) is 19.6 Å². The van der Waals surface area contributed by atoms with Gasteiger partial charge in [0, 0.05) is 27.2 Å². The Bertz CT molecular complexity index is 148. The van der Waals surface area contributed by atoms with E-state index >= 15 is 0 Å². The normalized spacial score (nSPS) is 10.5. The smallest absolute Gasteiger partial charge is 0.236 e. The number of hydrogen-bond donors (Lipinski definition) is 1. The minimum Gasteiger partial charge on any atom is -0.348 e. The number of amides is 1. The van der Waals surface area contributed by atoms with Gasteiger partial charge in [-0.1, -0.05) is 6.92 Å². The summed E-state index contributed by atoms with van der Waals surface area (Å²) in [7, 11) is 5.60. The van der Waals surface area contributed by atoms with E-state index in [9.17, 15) is 4.79 Å². The Hall–Kier alpha value is -0.610. The van der Waals surface area contributed by atoms with Crippen LogP contribution in [0.15, 0.2) is 0 Å².